The summed E-state index contributed by atoms with van der Waals surface area (Å²) in [7, 11) is -3.23. The Morgan fingerprint density at radius 2 is 1.73 bits per heavy atom. The molecular weight excluding hydrogens is 576 g/mol. The number of rotatable bonds is 9. The molecule has 0 radical (unpaired) electrons. The minimum atomic E-state index is -4.26. The van der Waals surface area contributed by atoms with Crippen molar-refractivity contribution in [2.24, 2.45) is 4.99 Å². The SMILES string of the molecule is CC/C=C(C)/N=C/C=C(\C)C(F)(F)F.CCCCc1c(C(C)c2ccc(S(C)(=O)=O)cc2)[nH]c2ccc(Cl)c(F)c12. The van der Waals surface area contributed by atoms with Crippen LogP contribution < -0.4 is 0 Å². The standard InChI is InChI=1S/C21H23ClFNO2S.C10H14F3N/c1-4-5-6-16-19-18(12-11-17(22)20(19)23)24-21(16)13(2)14-7-9-15(10-8-14)27(3,25)26;1-4-5-9(3)14-7-6-8(2)10(11,12)13/h7-13,24H,4-6H2,1-3H3;5-7H,4H2,1-3H3/b;8-6+,9-5+,14-7+. The Kier molecular flexibility index (Phi) is 12.4. The first kappa shape index (κ1) is 34.3. The number of alkyl halides is 3. The lowest BCUT2D eigenvalue weighted by Crippen LogP contribution is -2.08. The second kappa shape index (κ2) is 14.8. The Labute approximate surface area is 245 Å². The molecular formula is C31H37ClF4N2O2S. The van der Waals surface area contributed by atoms with E-state index in [1.165, 1.54) is 12.5 Å². The van der Waals surface area contributed by atoms with Gasteiger partial charge in [-0.2, -0.15) is 13.2 Å². The van der Waals surface area contributed by atoms with Gasteiger partial charge in [0.25, 0.3) is 0 Å². The highest BCUT2D eigenvalue weighted by Gasteiger charge is 2.29. The first-order valence-corrected chi connectivity index (χ1v) is 15.6. The van der Waals surface area contributed by atoms with Crippen LogP contribution in [-0.4, -0.2) is 32.0 Å². The number of fused-ring (bicyclic) bond motifs is 1. The van der Waals surface area contributed by atoms with Gasteiger partial charge in [0.15, 0.2) is 15.7 Å². The molecule has 1 heterocycles. The molecule has 2 aromatic carbocycles. The summed E-state index contributed by atoms with van der Waals surface area (Å²) in [6.07, 6.45) is 4.45. The number of benzene rings is 2. The number of nitrogens with one attached hydrogen (secondary N) is 1. The number of aromatic nitrogens is 1. The number of hydrogen-bond acceptors (Lipinski definition) is 3. The lowest BCUT2D eigenvalue weighted by Gasteiger charge is -2.14. The van der Waals surface area contributed by atoms with Gasteiger partial charge in [0, 0.05) is 46.3 Å². The van der Waals surface area contributed by atoms with Crippen molar-refractivity contribution in [3.05, 3.63) is 87.5 Å². The maximum atomic E-state index is 14.7. The highest BCUT2D eigenvalue weighted by molar-refractivity contribution is 7.90. The number of unbranched alkanes of at least 4 members (excludes halogenated alkanes) is 1. The van der Waals surface area contributed by atoms with Crippen molar-refractivity contribution >= 4 is 38.6 Å². The quantitative estimate of drug-likeness (QED) is 0.193. The molecule has 0 spiro atoms. The molecule has 0 bridgehead atoms. The minimum Gasteiger partial charge on any atom is -0.358 e. The molecule has 3 aromatic rings. The lowest BCUT2D eigenvalue weighted by molar-refractivity contribution is -0.0911. The van der Waals surface area contributed by atoms with Crippen molar-refractivity contribution in [3.8, 4) is 0 Å². The summed E-state index contributed by atoms with van der Waals surface area (Å²) in [5, 5.41) is 0.682. The number of hydrogen-bond donors (Lipinski definition) is 1. The van der Waals surface area contributed by atoms with Crippen LogP contribution in [0, 0.1) is 5.82 Å². The Balaban J connectivity index is 0.000000357. The molecule has 0 amide bonds. The van der Waals surface area contributed by atoms with E-state index >= 15 is 0 Å². The Hall–Kier alpha value is -2.91. The van der Waals surface area contributed by atoms with Gasteiger partial charge in [-0.25, -0.2) is 12.8 Å². The number of halogens is 5. The van der Waals surface area contributed by atoms with Crippen LogP contribution in [0.3, 0.4) is 0 Å². The molecule has 0 aliphatic heterocycles. The summed E-state index contributed by atoms with van der Waals surface area (Å²) in [5.41, 5.74) is 3.68. The Bertz CT molecular complexity index is 1520. The van der Waals surface area contributed by atoms with E-state index in [1.807, 2.05) is 32.1 Å². The molecule has 4 nitrogen and oxygen atoms in total. The highest BCUT2D eigenvalue weighted by Crippen LogP contribution is 2.36. The molecule has 1 unspecified atom stereocenters. The fourth-order valence-corrected chi connectivity index (χ4v) is 4.96. The second-order valence-electron chi connectivity index (χ2n) is 9.85. The molecule has 1 N–H and O–H groups in total. The van der Waals surface area contributed by atoms with Gasteiger partial charge in [-0.05, 0) is 74.6 Å². The molecule has 1 aromatic heterocycles. The molecule has 10 heteroatoms. The summed E-state index contributed by atoms with van der Waals surface area (Å²) < 4.78 is 74.0. The molecule has 0 saturated heterocycles. The summed E-state index contributed by atoms with van der Waals surface area (Å²) >= 11 is 6.01. The fourth-order valence-electron chi connectivity index (χ4n) is 4.17. The van der Waals surface area contributed by atoms with E-state index in [1.54, 1.807) is 31.2 Å². The molecule has 0 aliphatic carbocycles. The molecule has 1 atom stereocenters. The number of nitrogens with zero attached hydrogens (tertiary/aromatic N) is 1. The third-order valence-electron chi connectivity index (χ3n) is 6.56. The largest absolute Gasteiger partial charge is 0.412 e. The lowest BCUT2D eigenvalue weighted by atomic mass is 9.92. The van der Waals surface area contributed by atoms with Crippen LogP contribution in [-0.2, 0) is 16.3 Å². The molecule has 0 saturated carbocycles. The van der Waals surface area contributed by atoms with Gasteiger partial charge in [-0.15, -0.1) is 0 Å². The third-order valence-corrected chi connectivity index (χ3v) is 7.98. The molecule has 224 valence electrons. The van der Waals surface area contributed by atoms with Crippen molar-refractivity contribution in [2.75, 3.05) is 6.26 Å². The van der Waals surface area contributed by atoms with Gasteiger partial charge in [-0.1, -0.05) is 57.0 Å². The summed E-state index contributed by atoms with van der Waals surface area (Å²) in [5.74, 6) is -0.418. The number of H-pyrrole nitrogens is 1. The monoisotopic (exact) mass is 612 g/mol. The topological polar surface area (TPSA) is 62.3 Å². The highest BCUT2D eigenvalue weighted by atomic mass is 35.5. The van der Waals surface area contributed by atoms with Gasteiger partial charge in [0.1, 0.15) is 0 Å². The smallest absolute Gasteiger partial charge is 0.358 e. The average molecular weight is 613 g/mol. The Morgan fingerprint density at radius 3 is 2.27 bits per heavy atom. The number of allylic oxidation sites excluding steroid dienone is 4. The summed E-state index contributed by atoms with van der Waals surface area (Å²) in [6, 6.07) is 10.2. The van der Waals surface area contributed by atoms with Gasteiger partial charge in [-0.3, -0.25) is 4.99 Å². The van der Waals surface area contributed by atoms with Crippen LogP contribution in [0.15, 0.2) is 69.7 Å². The predicted molar refractivity (Wildman–Crippen MR) is 161 cm³/mol. The van der Waals surface area contributed by atoms with Gasteiger partial charge < -0.3 is 4.98 Å². The van der Waals surface area contributed by atoms with Crippen LogP contribution >= 0.6 is 11.6 Å². The maximum Gasteiger partial charge on any atom is 0.412 e. The summed E-state index contributed by atoms with van der Waals surface area (Å²) in [4.78, 5) is 7.49. The second-order valence-corrected chi connectivity index (χ2v) is 12.3. The zero-order chi connectivity index (χ0) is 31.0. The average Bonchev–Trinajstić information content (AvgIpc) is 3.27. The van der Waals surface area contributed by atoms with E-state index in [0.717, 1.165) is 66.7 Å². The molecule has 41 heavy (non-hydrogen) atoms. The van der Waals surface area contributed by atoms with E-state index in [2.05, 4.69) is 16.9 Å². The number of sulfone groups is 1. The van der Waals surface area contributed by atoms with E-state index in [4.69, 9.17) is 11.6 Å². The fraction of sp³-hybridized carbons (Fsp3) is 0.387. The van der Waals surface area contributed by atoms with Gasteiger partial charge >= 0.3 is 6.18 Å². The minimum absolute atomic E-state index is 0.0314. The van der Waals surface area contributed by atoms with Crippen molar-refractivity contribution in [3.63, 3.8) is 0 Å². The maximum absolute atomic E-state index is 14.7. The van der Waals surface area contributed by atoms with Crippen LogP contribution in [0.2, 0.25) is 5.02 Å². The first-order chi connectivity index (χ1) is 19.1. The molecule has 0 fully saturated rings. The van der Waals surface area contributed by atoms with E-state index in [-0.39, 0.29) is 16.8 Å². The van der Waals surface area contributed by atoms with Gasteiger partial charge in [0.2, 0.25) is 0 Å². The third kappa shape index (κ3) is 9.57. The first-order valence-electron chi connectivity index (χ1n) is 13.3. The van der Waals surface area contributed by atoms with Gasteiger partial charge in [0.05, 0.1) is 9.92 Å². The van der Waals surface area contributed by atoms with Crippen LogP contribution in [0.4, 0.5) is 17.6 Å². The van der Waals surface area contributed by atoms with Crippen molar-refractivity contribution in [1.29, 1.82) is 0 Å². The van der Waals surface area contributed by atoms with Crippen LogP contribution in [0.5, 0.6) is 0 Å². The van der Waals surface area contributed by atoms with Crippen LogP contribution in [0.25, 0.3) is 10.9 Å². The zero-order valence-electron chi connectivity index (χ0n) is 24.2. The molecule has 0 aliphatic rings. The van der Waals surface area contributed by atoms with E-state index in [9.17, 15) is 26.0 Å². The molecule has 3 rings (SSSR count). The number of aromatic amines is 1. The number of aliphatic imine (C=N–C) groups is 1. The van der Waals surface area contributed by atoms with Crippen molar-refractivity contribution in [1.82, 2.24) is 4.98 Å². The van der Waals surface area contributed by atoms with Crippen molar-refractivity contribution in [2.45, 2.75) is 77.3 Å². The van der Waals surface area contributed by atoms with Crippen LogP contribution in [0.1, 0.15) is 76.6 Å². The van der Waals surface area contributed by atoms with Crippen molar-refractivity contribution < 1.29 is 26.0 Å². The normalized spacial score (nSPS) is 13.9. The zero-order valence-corrected chi connectivity index (χ0v) is 25.7. The number of aryl methyl sites for hydroxylation is 1. The van der Waals surface area contributed by atoms with E-state index < -0.39 is 21.6 Å². The Morgan fingerprint density at radius 1 is 1.10 bits per heavy atom. The predicted octanol–water partition coefficient (Wildman–Crippen LogP) is 9.74. The summed E-state index contributed by atoms with van der Waals surface area (Å²) in [6.45, 7) is 8.85. The van der Waals surface area contributed by atoms with E-state index in [0.29, 0.717) is 10.3 Å².